The van der Waals surface area contributed by atoms with Gasteiger partial charge in [-0.25, -0.2) is 0 Å². The Labute approximate surface area is 116 Å². The van der Waals surface area contributed by atoms with Gasteiger partial charge in [-0.1, -0.05) is 37.3 Å². The van der Waals surface area contributed by atoms with E-state index in [1.165, 1.54) is 0 Å². The smallest absolute Gasteiger partial charge is 0.122 e. The SMILES string of the molecule is C/C=C/Cc1ccccc1OCC(O)CNCCC. The third-order valence-corrected chi connectivity index (χ3v) is 2.78. The highest BCUT2D eigenvalue weighted by Gasteiger charge is 2.06. The second-order valence-electron chi connectivity index (χ2n) is 4.55. The fraction of sp³-hybridized carbons (Fsp3) is 0.500. The van der Waals surface area contributed by atoms with E-state index in [-0.39, 0.29) is 0 Å². The van der Waals surface area contributed by atoms with Crippen LogP contribution in [0.1, 0.15) is 25.8 Å². The molecule has 0 spiro atoms. The van der Waals surface area contributed by atoms with E-state index in [1.807, 2.05) is 31.2 Å². The number of hydrogen-bond acceptors (Lipinski definition) is 3. The molecule has 0 aliphatic carbocycles. The van der Waals surface area contributed by atoms with Crippen molar-refractivity contribution in [2.45, 2.75) is 32.8 Å². The molecule has 0 heterocycles. The Bertz CT molecular complexity index is 377. The topological polar surface area (TPSA) is 41.5 Å². The molecule has 0 radical (unpaired) electrons. The van der Waals surface area contributed by atoms with E-state index < -0.39 is 6.10 Å². The van der Waals surface area contributed by atoms with Crippen LogP contribution in [0.2, 0.25) is 0 Å². The lowest BCUT2D eigenvalue weighted by atomic mass is 10.1. The zero-order valence-electron chi connectivity index (χ0n) is 11.9. The monoisotopic (exact) mass is 263 g/mol. The van der Waals surface area contributed by atoms with Gasteiger partial charge in [-0.05, 0) is 37.9 Å². The van der Waals surface area contributed by atoms with Crippen molar-refractivity contribution in [2.24, 2.45) is 0 Å². The molecule has 0 aliphatic rings. The maximum Gasteiger partial charge on any atom is 0.122 e. The van der Waals surface area contributed by atoms with Crippen molar-refractivity contribution in [1.29, 1.82) is 0 Å². The van der Waals surface area contributed by atoms with E-state index in [2.05, 4.69) is 24.4 Å². The van der Waals surface area contributed by atoms with Gasteiger partial charge < -0.3 is 15.2 Å². The number of hydrogen-bond donors (Lipinski definition) is 2. The molecule has 1 aromatic carbocycles. The van der Waals surface area contributed by atoms with Crippen molar-refractivity contribution in [2.75, 3.05) is 19.7 Å². The Hall–Kier alpha value is -1.32. The minimum atomic E-state index is -0.471. The molecule has 3 heteroatoms. The summed E-state index contributed by atoms with van der Waals surface area (Å²) in [7, 11) is 0. The summed E-state index contributed by atoms with van der Waals surface area (Å²) in [5.41, 5.74) is 1.15. The number of ether oxygens (including phenoxy) is 1. The zero-order valence-corrected chi connectivity index (χ0v) is 11.9. The molecule has 19 heavy (non-hydrogen) atoms. The Morgan fingerprint density at radius 1 is 1.37 bits per heavy atom. The average Bonchev–Trinajstić information content (AvgIpc) is 2.44. The van der Waals surface area contributed by atoms with Crippen LogP contribution in [0.25, 0.3) is 0 Å². The van der Waals surface area contributed by atoms with Crippen LogP contribution in [-0.4, -0.2) is 30.9 Å². The second-order valence-corrected chi connectivity index (χ2v) is 4.55. The maximum atomic E-state index is 9.80. The summed E-state index contributed by atoms with van der Waals surface area (Å²) < 4.78 is 5.70. The summed E-state index contributed by atoms with van der Waals surface area (Å²) in [6.07, 6.45) is 5.58. The Morgan fingerprint density at radius 3 is 2.89 bits per heavy atom. The van der Waals surface area contributed by atoms with Crippen molar-refractivity contribution in [3.63, 3.8) is 0 Å². The Morgan fingerprint density at radius 2 is 2.16 bits per heavy atom. The molecule has 0 saturated heterocycles. The molecule has 0 aromatic heterocycles. The fourth-order valence-electron chi connectivity index (χ4n) is 1.75. The van der Waals surface area contributed by atoms with Gasteiger partial charge in [0.15, 0.2) is 0 Å². The van der Waals surface area contributed by atoms with Gasteiger partial charge in [-0.15, -0.1) is 0 Å². The van der Waals surface area contributed by atoms with Crippen molar-refractivity contribution < 1.29 is 9.84 Å². The van der Waals surface area contributed by atoms with E-state index in [1.54, 1.807) is 0 Å². The van der Waals surface area contributed by atoms with Gasteiger partial charge in [0.05, 0.1) is 0 Å². The van der Waals surface area contributed by atoms with E-state index in [0.29, 0.717) is 13.2 Å². The van der Waals surface area contributed by atoms with Crippen LogP contribution >= 0.6 is 0 Å². The number of aliphatic hydroxyl groups is 1. The minimum absolute atomic E-state index is 0.323. The lowest BCUT2D eigenvalue weighted by Crippen LogP contribution is -2.31. The number of benzene rings is 1. The number of rotatable bonds is 9. The lowest BCUT2D eigenvalue weighted by molar-refractivity contribution is 0.106. The second kappa shape index (κ2) is 9.59. The Kier molecular flexibility index (Phi) is 7.94. The molecule has 0 saturated carbocycles. The summed E-state index contributed by atoms with van der Waals surface area (Å²) >= 11 is 0. The Balaban J connectivity index is 2.43. The average molecular weight is 263 g/mol. The summed E-state index contributed by atoms with van der Waals surface area (Å²) in [4.78, 5) is 0. The quantitative estimate of drug-likeness (QED) is 0.531. The van der Waals surface area contributed by atoms with Crippen LogP contribution in [0.4, 0.5) is 0 Å². The van der Waals surface area contributed by atoms with Crippen molar-refractivity contribution in [3.8, 4) is 5.75 Å². The van der Waals surface area contributed by atoms with Crippen molar-refractivity contribution >= 4 is 0 Å². The van der Waals surface area contributed by atoms with Crippen LogP contribution in [-0.2, 0) is 6.42 Å². The highest BCUT2D eigenvalue weighted by Crippen LogP contribution is 2.19. The van der Waals surface area contributed by atoms with Crippen molar-refractivity contribution in [1.82, 2.24) is 5.32 Å². The van der Waals surface area contributed by atoms with Gasteiger partial charge in [-0.3, -0.25) is 0 Å². The summed E-state index contributed by atoms with van der Waals surface area (Å²) in [5.74, 6) is 0.857. The molecule has 0 amide bonds. The molecular weight excluding hydrogens is 238 g/mol. The molecule has 2 N–H and O–H groups in total. The first kappa shape index (κ1) is 15.7. The van der Waals surface area contributed by atoms with Gasteiger partial charge in [-0.2, -0.15) is 0 Å². The van der Waals surface area contributed by atoms with Crippen LogP contribution in [0.15, 0.2) is 36.4 Å². The van der Waals surface area contributed by atoms with Gasteiger partial charge in [0.25, 0.3) is 0 Å². The van der Waals surface area contributed by atoms with Gasteiger partial charge >= 0.3 is 0 Å². The van der Waals surface area contributed by atoms with Crippen molar-refractivity contribution in [3.05, 3.63) is 42.0 Å². The molecule has 1 unspecified atom stereocenters. The van der Waals surface area contributed by atoms with Crippen LogP contribution in [0.3, 0.4) is 0 Å². The third kappa shape index (κ3) is 6.41. The number of aliphatic hydroxyl groups excluding tert-OH is 1. The van der Waals surface area contributed by atoms with Crippen LogP contribution < -0.4 is 10.1 Å². The lowest BCUT2D eigenvalue weighted by Gasteiger charge is -2.15. The minimum Gasteiger partial charge on any atom is -0.491 e. The first-order valence-corrected chi connectivity index (χ1v) is 6.98. The van der Waals surface area contributed by atoms with Gasteiger partial charge in [0.2, 0.25) is 0 Å². The number of para-hydroxylation sites is 1. The highest BCUT2D eigenvalue weighted by atomic mass is 16.5. The molecule has 1 aromatic rings. The maximum absolute atomic E-state index is 9.80. The summed E-state index contributed by atoms with van der Waals surface area (Å²) in [6, 6.07) is 7.96. The normalized spacial score (nSPS) is 12.8. The van der Waals surface area contributed by atoms with Crippen LogP contribution in [0.5, 0.6) is 5.75 Å². The van der Waals surface area contributed by atoms with E-state index in [4.69, 9.17) is 4.74 Å². The van der Waals surface area contributed by atoms with Crippen LogP contribution in [0, 0.1) is 0 Å². The molecule has 0 fully saturated rings. The van der Waals surface area contributed by atoms with E-state index in [9.17, 15) is 5.11 Å². The van der Waals surface area contributed by atoms with E-state index in [0.717, 1.165) is 30.7 Å². The first-order chi connectivity index (χ1) is 9.27. The summed E-state index contributed by atoms with van der Waals surface area (Å²) in [5, 5.41) is 13.0. The molecule has 106 valence electrons. The fourth-order valence-corrected chi connectivity index (χ4v) is 1.75. The zero-order chi connectivity index (χ0) is 13.9. The largest absolute Gasteiger partial charge is 0.491 e. The molecule has 0 bridgehead atoms. The molecular formula is C16H25NO2. The van der Waals surface area contributed by atoms with Gasteiger partial charge in [0, 0.05) is 6.54 Å². The molecule has 0 aliphatic heterocycles. The third-order valence-electron chi connectivity index (χ3n) is 2.78. The van der Waals surface area contributed by atoms with E-state index >= 15 is 0 Å². The molecule has 3 nitrogen and oxygen atoms in total. The standard InChI is InChI=1S/C16H25NO2/c1-3-5-8-14-9-6-7-10-16(14)19-13-15(18)12-17-11-4-2/h3,5-7,9-10,15,17-18H,4,8,11-13H2,1-2H3/b5-3+. The number of allylic oxidation sites excluding steroid dienone is 2. The summed E-state index contributed by atoms with van der Waals surface area (Å²) in [6.45, 7) is 5.93. The predicted octanol–water partition coefficient (Wildman–Crippen LogP) is 2.54. The van der Waals surface area contributed by atoms with Gasteiger partial charge in [0.1, 0.15) is 18.5 Å². The molecule has 1 atom stereocenters. The first-order valence-electron chi connectivity index (χ1n) is 6.98. The highest BCUT2D eigenvalue weighted by molar-refractivity contribution is 5.34. The number of nitrogens with one attached hydrogen (secondary N) is 1. The molecule has 1 rings (SSSR count). The predicted molar refractivity (Wildman–Crippen MR) is 79.6 cm³/mol.